The van der Waals surface area contributed by atoms with Crippen molar-refractivity contribution in [3.05, 3.63) is 131 Å². The van der Waals surface area contributed by atoms with Gasteiger partial charge in [0.05, 0.1) is 0 Å². The average molecular weight is 702 g/mol. The molecule has 1 aliphatic carbocycles. The van der Waals surface area contributed by atoms with E-state index < -0.39 is 18.2 Å². The maximum absolute atomic E-state index is 13.4. The summed E-state index contributed by atoms with van der Waals surface area (Å²) in [6, 6.07) is 36.6. The Balaban J connectivity index is 0.000000755. The fourth-order valence-electron chi connectivity index (χ4n) is 5.64. The molecule has 270 valence electrons. The highest BCUT2D eigenvalue weighted by Gasteiger charge is 2.38. The van der Waals surface area contributed by atoms with Gasteiger partial charge in [0.1, 0.15) is 6.04 Å². The molecule has 0 aliphatic heterocycles. The van der Waals surface area contributed by atoms with Crippen molar-refractivity contribution in [2.75, 3.05) is 6.54 Å². The van der Waals surface area contributed by atoms with Gasteiger partial charge in [-0.15, -0.1) is 0 Å². The zero-order valence-electron chi connectivity index (χ0n) is 29.2. The number of benzene rings is 4. The summed E-state index contributed by atoms with van der Waals surface area (Å²) in [6.45, 7) is 7.89. The third-order valence-electron chi connectivity index (χ3n) is 8.75. The number of aliphatic carboxylic acids is 1. The average Bonchev–Trinajstić information content (AvgIpc) is 3.90. The number of carbonyl (C=O) groups excluding carboxylic acids is 2. The summed E-state index contributed by atoms with van der Waals surface area (Å²) in [5, 5.41) is 16.9. The molecule has 0 spiro atoms. The van der Waals surface area contributed by atoms with E-state index in [9.17, 15) is 22.8 Å². The van der Waals surface area contributed by atoms with Crippen molar-refractivity contribution in [1.82, 2.24) is 16.0 Å². The van der Waals surface area contributed by atoms with Crippen molar-refractivity contribution in [3.63, 3.8) is 0 Å². The van der Waals surface area contributed by atoms with Crippen LogP contribution >= 0.6 is 0 Å². The largest absolute Gasteiger partial charge is 0.490 e. The first-order valence-electron chi connectivity index (χ1n) is 17.1. The number of halogens is 3. The smallest absolute Gasteiger partial charge is 0.475 e. The van der Waals surface area contributed by atoms with Crippen LogP contribution in [-0.4, -0.2) is 47.7 Å². The first kappa shape index (κ1) is 38.8. The Morgan fingerprint density at radius 3 is 1.92 bits per heavy atom. The number of hydrogen-bond acceptors (Lipinski definition) is 4. The Morgan fingerprint density at radius 1 is 0.784 bits per heavy atom. The second-order valence-corrected chi connectivity index (χ2v) is 13.7. The van der Waals surface area contributed by atoms with Crippen LogP contribution in [0.1, 0.15) is 79.4 Å². The fourth-order valence-corrected chi connectivity index (χ4v) is 5.64. The topological polar surface area (TPSA) is 108 Å². The summed E-state index contributed by atoms with van der Waals surface area (Å²) in [5.41, 5.74) is 6.46. The Morgan fingerprint density at radius 2 is 1.35 bits per heavy atom. The molecule has 4 aromatic rings. The van der Waals surface area contributed by atoms with Gasteiger partial charge < -0.3 is 21.1 Å². The summed E-state index contributed by atoms with van der Waals surface area (Å²) in [5.74, 6) is -2.55. The third kappa shape index (κ3) is 12.4. The highest BCUT2D eigenvalue weighted by atomic mass is 19.4. The van der Waals surface area contributed by atoms with Gasteiger partial charge in [0.2, 0.25) is 5.91 Å². The van der Waals surface area contributed by atoms with Crippen LogP contribution in [0.3, 0.4) is 0 Å². The van der Waals surface area contributed by atoms with Gasteiger partial charge in [-0.3, -0.25) is 9.59 Å². The lowest BCUT2D eigenvalue weighted by molar-refractivity contribution is -0.192. The van der Waals surface area contributed by atoms with Crippen molar-refractivity contribution < 1.29 is 32.7 Å². The quantitative estimate of drug-likeness (QED) is 0.106. The number of rotatable bonds is 13. The highest BCUT2D eigenvalue weighted by molar-refractivity contribution is 5.97. The summed E-state index contributed by atoms with van der Waals surface area (Å²) in [7, 11) is 0. The molecule has 10 heteroatoms. The number of unbranched alkanes of at least 4 members (excludes halogenated alkanes) is 1. The monoisotopic (exact) mass is 701 g/mol. The minimum absolute atomic E-state index is 0.0767. The van der Waals surface area contributed by atoms with E-state index in [0.717, 1.165) is 36.1 Å². The second-order valence-electron chi connectivity index (χ2n) is 13.7. The normalized spacial score (nSPS) is 15.9. The van der Waals surface area contributed by atoms with Crippen LogP contribution in [0.25, 0.3) is 11.1 Å². The lowest BCUT2D eigenvalue weighted by Crippen LogP contribution is -2.46. The second kappa shape index (κ2) is 17.8. The van der Waals surface area contributed by atoms with E-state index in [-0.39, 0.29) is 17.2 Å². The van der Waals surface area contributed by atoms with Crippen molar-refractivity contribution in [2.24, 2.45) is 0 Å². The van der Waals surface area contributed by atoms with Crippen LogP contribution in [0.5, 0.6) is 0 Å². The molecule has 0 aromatic heterocycles. The summed E-state index contributed by atoms with van der Waals surface area (Å²) >= 11 is 0. The standard InChI is InChI=1S/C39H45N3O2.C2HF3O2/c1-39(2,3)33-23-17-28(18-24-33)27-41-38(44)35(16-10-11-25-40-36-26-34(36)31-14-8-5-9-15-31)42-37(43)32-21-19-30(20-22-32)29-12-6-4-7-13-29;3-2(4,5)1(6)7/h4-9,12-15,17-24,34-36,40H,10-11,16,25-27H2,1-3H3,(H,41,44)(H,42,43);(H,6,7)/t34-,35?,36+;/m0./s1. The van der Waals surface area contributed by atoms with E-state index >= 15 is 0 Å². The molecule has 1 saturated carbocycles. The highest BCUT2D eigenvalue weighted by Crippen LogP contribution is 2.40. The van der Waals surface area contributed by atoms with Gasteiger partial charge >= 0.3 is 12.1 Å². The fraction of sp³-hybridized carbons (Fsp3) is 0.341. The maximum Gasteiger partial charge on any atom is 0.490 e. The summed E-state index contributed by atoms with van der Waals surface area (Å²) in [4.78, 5) is 35.6. The first-order valence-corrected chi connectivity index (χ1v) is 17.1. The number of carbonyl (C=O) groups is 3. The van der Waals surface area contributed by atoms with E-state index in [1.807, 2.05) is 54.6 Å². The van der Waals surface area contributed by atoms with Crippen LogP contribution in [0, 0.1) is 0 Å². The molecule has 4 aromatic carbocycles. The number of nitrogens with one attached hydrogen (secondary N) is 3. The maximum atomic E-state index is 13.4. The van der Waals surface area contributed by atoms with Crippen LogP contribution in [0.2, 0.25) is 0 Å². The van der Waals surface area contributed by atoms with Crippen molar-refractivity contribution >= 4 is 17.8 Å². The van der Waals surface area contributed by atoms with Crippen molar-refractivity contribution in [3.8, 4) is 11.1 Å². The van der Waals surface area contributed by atoms with Crippen molar-refractivity contribution in [1.29, 1.82) is 0 Å². The Labute approximate surface area is 297 Å². The molecule has 1 unspecified atom stereocenters. The lowest BCUT2D eigenvalue weighted by atomic mass is 9.87. The Kier molecular flexibility index (Phi) is 13.6. The molecule has 0 heterocycles. The van der Waals surface area contributed by atoms with Gasteiger partial charge in [0.15, 0.2) is 0 Å². The van der Waals surface area contributed by atoms with Crippen LogP contribution < -0.4 is 16.0 Å². The predicted molar refractivity (Wildman–Crippen MR) is 193 cm³/mol. The molecule has 2 amide bonds. The van der Waals surface area contributed by atoms with Crippen molar-refractivity contribution in [2.45, 2.75) is 82.6 Å². The molecule has 51 heavy (non-hydrogen) atoms. The van der Waals surface area contributed by atoms with E-state index in [1.54, 1.807) is 0 Å². The Bertz CT molecular complexity index is 1710. The van der Waals surface area contributed by atoms with Gasteiger partial charge in [-0.25, -0.2) is 4.79 Å². The zero-order chi connectivity index (χ0) is 37.0. The molecule has 4 N–H and O–H groups in total. The number of carboxylic acid groups (broad SMARTS) is 1. The minimum atomic E-state index is -5.08. The SMILES string of the molecule is CC(C)(C)c1ccc(CNC(=O)C(CCCCN[C@@H]2C[C@H]2c2ccccc2)NC(=O)c2ccc(-c3ccccc3)cc2)cc1.O=C(O)C(F)(F)F. The first-order chi connectivity index (χ1) is 24.2. The third-order valence-corrected chi connectivity index (χ3v) is 8.75. The number of hydrogen-bond donors (Lipinski definition) is 4. The minimum Gasteiger partial charge on any atom is -0.475 e. The van der Waals surface area contributed by atoms with Gasteiger partial charge in [-0.05, 0) is 77.6 Å². The van der Waals surface area contributed by atoms with E-state index in [0.29, 0.717) is 30.5 Å². The van der Waals surface area contributed by atoms with Crippen LogP contribution in [0.15, 0.2) is 109 Å². The van der Waals surface area contributed by atoms with Gasteiger partial charge in [-0.1, -0.05) is 118 Å². The predicted octanol–water partition coefficient (Wildman–Crippen LogP) is 8.02. The van der Waals surface area contributed by atoms with E-state index in [4.69, 9.17) is 9.90 Å². The number of amides is 2. The molecule has 1 aliphatic rings. The molecular weight excluding hydrogens is 655 g/mol. The van der Waals surface area contributed by atoms with Gasteiger partial charge in [0, 0.05) is 24.1 Å². The van der Waals surface area contributed by atoms with Crippen LogP contribution in [-0.2, 0) is 21.5 Å². The molecule has 1 fully saturated rings. The van der Waals surface area contributed by atoms with E-state index in [2.05, 4.69) is 91.3 Å². The summed E-state index contributed by atoms with van der Waals surface area (Å²) < 4.78 is 31.7. The number of carboxylic acids is 1. The Hall–Kier alpha value is -4.96. The molecule has 0 saturated heterocycles. The molecule has 3 atom stereocenters. The van der Waals surface area contributed by atoms with E-state index in [1.165, 1.54) is 17.5 Å². The van der Waals surface area contributed by atoms with Crippen LogP contribution in [0.4, 0.5) is 13.2 Å². The zero-order valence-corrected chi connectivity index (χ0v) is 29.2. The van der Waals surface area contributed by atoms with Gasteiger partial charge in [-0.2, -0.15) is 13.2 Å². The molecule has 5 rings (SSSR count). The lowest BCUT2D eigenvalue weighted by Gasteiger charge is -2.20. The molecule has 0 bridgehead atoms. The number of alkyl halides is 3. The molecular formula is C41H46F3N3O4. The molecule has 7 nitrogen and oxygen atoms in total. The van der Waals surface area contributed by atoms with Gasteiger partial charge in [0.25, 0.3) is 5.91 Å². The molecule has 0 radical (unpaired) electrons. The summed E-state index contributed by atoms with van der Waals surface area (Å²) in [6.07, 6.45) is -1.55.